The van der Waals surface area contributed by atoms with E-state index in [9.17, 15) is 0 Å². The fraction of sp³-hybridized carbons (Fsp3) is 0.647. The molecule has 3 rings (SSSR count). The third-order valence-corrected chi connectivity index (χ3v) is 5.16. The minimum Gasteiger partial charge on any atom is -0.307 e. The Morgan fingerprint density at radius 1 is 0.889 bits per heavy atom. The average Bonchev–Trinajstić information content (AvgIpc) is 2.80. The molecule has 0 aromatic heterocycles. The molecule has 1 aromatic carbocycles. The minimum absolute atomic E-state index is 0.601. The van der Waals surface area contributed by atoms with Crippen molar-refractivity contribution in [3.63, 3.8) is 0 Å². The van der Waals surface area contributed by atoms with E-state index in [1.165, 1.54) is 48.8 Å². The SMILES string of the molecule is Cc1cc(C)c(C2CCC3CCCC3N2)cc1C. The van der Waals surface area contributed by atoms with Crippen molar-refractivity contribution in [3.05, 3.63) is 34.4 Å². The van der Waals surface area contributed by atoms with Gasteiger partial charge in [-0.05, 0) is 74.6 Å². The summed E-state index contributed by atoms with van der Waals surface area (Å²) < 4.78 is 0. The topological polar surface area (TPSA) is 12.0 Å². The summed E-state index contributed by atoms with van der Waals surface area (Å²) >= 11 is 0. The molecule has 1 saturated carbocycles. The molecule has 2 aliphatic rings. The van der Waals surface area contributed by atoms with E-state index < -0.39 is 0 Å². The minimum atomic E-state index is 0.601. The van der Waals surface area contributed by atoms with Crippen LogP contribution in [0.3, 0.4) is 0 Å². The summed E-state index contributed by atoms with van der Waals surface area (Å²) in [4.78, 5) is 0. The van der Waals surface area contributed by atoms with Gasteiger partial charge in [0.2, 0.25) is 0 Å². The summed E-state index contributed by atoms with van der Waals surface area (Å²) in [5, 5.41) is 3.92. The summed E-state index contributed by atoms with van der Waals surface area (Å²) in [6.07, 6.45) is 7.03. The lowest BCUT2D eigenvalue weighted by atomic mass is 9.85. The maximum absolute atomic E-state index is 3.92. The number of aryl methyl sites for hydroxylation is 3. The van der Waals surface area contributed by atoms with Crippen molar-refractivity contribution in [2.75, 3.05) is 0 Å². The number of benzene rings is 1. The van der Waals surface area contributed by atoms with Crippen LogP contribution in [0.15, 0.2) is 12.1 Å². The molecule has 0 amide bonds. The van der Waals surface area contributed by atoms with Gasteiger partial charge in [0.15, 0.2) is 0 Å². The zero-order valence-corrected chi connectivity index (χ0v) is 11.9. The molecule has 98 valence electrons. The number of rotatable bonds is 1. The molecule has 2 fully saturated rings. The number of hydrogen-bond acceptors (Lipinski definition) is 1. The third kappa shape index (κ3) is 2.09. The zero-order chi connectivity index (χ0) is 12.7. The highest BCUT2D eigenvalue weighted by atomic mass is 15.0. The highest BCUT2D eigenvalue weighted by Crippen LogP contribution is 2.38. The van der Waals surface area contributed by atoms with E-state index in [1.807, 2.05) is 0 Å². The molecular formula is C17H25N. The smallest absolute Gasteiger partial charge is 0.0325 e. The Kier molecular flexibility index (Phi) is 3.19. The molecule has 1 aliphatic carbocycles. The van der Waals surface area contributed by atoms with Crippen molar-refractivity contribution < 1.29 is 0 Å². The molecular weight excluding hydrogens is 218 g/mol. The highest BCUT2D eigenvalue weighted by molar-refractivity contribution is 5.38. The van der Waals surface area contributed by atoms with Crippen LogP contribution in [-0.2, 0) is 0 Å². The van der Waals surface area contributed by atoms with Crippen LogP contribution in [0, 0.1) is 26.7 Å². The van der Waals surface area contributed by atoms with Gasteiger partial charge in [-0.25, -0.2) is 0 Å². The maximum atomic E-state index is 3.92. The summed E-state index contributed by atoms with van der Waals surface area (Å²) in [5.41, 5.74) is 5.87. The Morgan fingerprint density at radius 3 is 2.50 bits per heavy atom. The van der Waals surface area contributed by atoms with Crippen LogP contribution in [0.25, 0.3) is 0 Å². The Balaban J connectivity index is 1.84. The van der Waals surface area contributed by atoms with Crippen molar-refractivity contribution >= 4 is 0 Å². The average molecular weight is 243 g/mol. The molecule has 0 spiro atoms. The van der Waals surface area contributed by atoms with Gasteiger partial charge in [-0.3, -0.25) is 0 Å². The first-order valence-electron chi connectivity index (χ1n) is 7.49. The van der Waals surface area contributed by atoms with Crippen LogP contribution in [0.1, 0.15) is 60.4 Å². The van der Waals surface area contributed by atoms with Gasteiger partial charge in [-0.1, -0.05) is 18.6 Å². The van der Waals surface area contributed by atoms with Crippen molar-refractivity contribution in [1.82, 2.24) is 5.32 Å². The Labute approximate surface area is 111 Å². The second-order valence-electron chi connectivity index (χ2n) is 6.39. The maximum Gasteiger partial charge on any atom is 0.0325 e. The van der Waals surface area contributed by atoms with Crippen molar-refractivity contribution in [2.24, 2.45) is 5.92 Å². The second kappa shape index (κ2) is 4.70. The Morgan fingerprint density at radius 2 is 1.67 bits per heavy atom. The monoisotopic (exact) mass is 243 g/mol. The van der Waals surface area contributed by atoms with Crippen molar-refractivity contribution in [1.29, 1.82) is 0 Å². The molecule has 3 unspecified atom stereocenters. The summed E-state index contributed by atoms with van der Waals surface area (Å²) in [6, 6.07) is 6.17. The molecule has 1 heteroatoms. The standard InChI is InChI=1S/C17H25N/c1-11-9-13(3)15(10-12(11)2)17-8-7-14-5-4-6-16(14)18-17/h9-10,14,16-18H,4-8H2,1-3H3. The van der Waals surface area contributed by atoms with Crippen LogP contribution in [0.4, 0.5) is 0 Å². The summed E-state index contributed by atoms with van der Waals surface area (Å²) in [6.45, 7) is 6.72. The summed E-state index contributed by atoms with van der Waals surface area (Å²) in [5.74, 6) is 0.966. The first-order valence-corrected chi connectivity index (χ1v) is 7.49. The fourth-order valence-electron chi connectivity index (χ4n) is 3.93. The molecule has 1 saturated heterocycles. The molecule has 0 bridgehead atoms. The van der Waals surface area contributed by atoms with Crippen LogP contribution in [-0.4, -0.2) is 6.04 Å². The molecule has 1 nitrogen and oxygen atoms in total. The lowest BCUT2D eigenvalue weighted by molar-refractivity contribution is 0.260. The lowest BCUT2D eigenvalue weighted by Crippen LogP contribution is -2.40. The van der Waals surface area contributed by atoms with E-state index >= 15 is 0 Å². The van der Waals surface area contributed by atoms with Gasteiger partial charge >= 0.3 is 0 Å². The second-order valence-corrected chi connectivity index (χ2v) is 6.39. The number of piperidine rings is 1. The first kappa shape index (κ1) is 12.2. The van der Waals surface area contributed by atoms with Crippen LogP contribution >= 0.6 is 0 Å². The molecule has 1 aliphatic heterocycles. The number of fused-ring (bicyclic) bond motifs is 1. The van der Waals surface area contributed by atoms with Gasteiger partial charge in [-0.2, -0.15) is 0 Å². The van der Waals surface area contributed by atoms with Crippen LogP contribution < -0.4 is 5.32 Å². The lowest BCUT2D eigenvalue weighted by Gasteiger charge is -2.34. The van der Waals surface area contributed by atoms with Crippen LogP contribution in [0.5, 0.6) is 0 Å². The van der Waals surface area contributed by atoms with Crippen molar-refractivity contribution in [3.8, 4) is 0 Å². The largest absolute Gasteiger partial charge is 0.307 e. The first-order chi connectivity index (χ1) is 8.65. The van der Waals surface area contributed by atoms with Gasteiger partial charge in [0.1, 0.15) is 0 Å². The zero-order valence-electron chi connectivity index (χ0n) is 11.9. The molecule has 1 N–H and O–H groups in total. The van der Waals surface area contributed by atoms with Gasteiger partial charge in [-0.15, -0.1) is 0 Å². The van der Waals surface area contributed by atoms with E-state index in [0.717, 1.165) is 12.0 Å². The number of nitrogens with one attached hydrogen (secondary N) is 1. The van der Waals surface area contributed by atoms with Crippen molar-refractivity contribution in [2.45, 2.75) is 65.0 Å². The van der Waals surface area contributed by atoms with Gasteiger partial charge in [0, 0.05) is 12.1 Å². The third-order valence-electron chi connectivity index (χ3n) is 5.16. The normalized spacial score (nSPS) is 31.4. The molecule has 1 heterocycles. The Hall–Kier alpha value is -0.820. The van der Waals surface area contributed by atoms with E-state index in [4.69, 9.17) is 0 Å². The van der Waals surface area contributed by atoms with E-state index in [1.54, 1.807) is 5.56 Å². The predicted octanol–water partition coefficient (Wildman–Crippen LogP) is 4.21. The molecule has 1 aromatic rings. The predicted molar refractivity (Wildman–Crippen MR) is 76.9 cm³/mol. The summed E-state index contributed by atoms with van der Waals surface area (Å²) in [7, 11) is 0. The number of hydrogen-bond donors (Lipinski definition) is 1. The van der Waals surface area contributed by atoms with E-state index in [-0.39, 0.29) is 0 Å². The van der Waals surface area contributed by atoms with Gasteiger partial charge in [0.25, 0.3) is 0 Å². The Bertz CT molecular complexity index is 449. The quantitative estimate of drug-likeness (QED) is 0.779. The molecule has 3 atom stereocenters. The highest BCUT2D eigenvalue weighted by Gasteiger charge is 2.34. The van der Waals surface area contributed by atoms with E-state index in [2.05, 4.69) is 38.2 Å². The van der Waals surface area contributed by atoms with E-state index in [0.29, 0.717) is 6.04 Å². The van der Waals surface area contributed by atoms with Gasteiger partial charge < -0.3 is 5.32 Å². The molecule has 0 radical (unpaired) electrons. The van der Waals surface area contributed by atoms with Gasteiger partial charge in [0.05, 0.1) is 0 Å². The van der Waals surface area contributed by atoms with Crippen LogP contribution in [0.2, 0.25) is 0 Å². The fourth-order valence-corrected chi connectivity index (χ4v) is 3.93. The molecule has 18 heavy (non-hydrogen) atoms.